The van der Waals surface area contributed by atoms with Crippen LogP contribution in [0.4, 0.5) is 0 Å². The fourth-order valence-electron chi connectivity index (χ4n) is 1.77. The van der Waals surface area contributed by atoms with Crippen molar-refractivity contribution in [1.29, 1.82) is 0 Å². The SMILES string of the molecule is COC.NC1CCCCC1.OC1CCNC1. The Balaban J connectivity index is 0.000000230. The van der Waals surface area contributed by atoms with Crippen LogP contribution in [0.15, 0.2) is 0 Å². The number of aliphatic hydroxyl groups excluding tert-OH is 1. The Morgan fingerprint density at radius 2 is 1.69 bits per heavy atom. The molecule has 1 heterocycles. The Labute approximate surface area is 99.6 Å². The maximum Gasteiger partial charge on any atom is 0.0676 e. The van der Waals surface area contributed by atoms with E-state index < -0.39 is 0 Å². The van der Waals surface area contributed by atoms with Crippen molar-refractivity contribution in [2.45, 2.75) is 50.7 Å². The number of β-amino-alcohol motifs (C(OH)–C–C–N with tert-alkyl or cyclic N) is 1. The van der Waals surface area contributed by atoms with Crippen molar-refractivity contribution in [3.63, 3.8) is 0 Å². The normalized spacial score (nSPS) is 25.1. The summed E-state index contributed by atoms with van der Waals surface area (Å²) in [5.41, 5.74) is 5.63. The molecular weight excluding hydrogens is 204 g/mol. The zero-order valence-corrected chi connectivity index (χ0v) is 10.7. The highest BCUT2D eigenvalue weighted by Gasteiger charge is 2.08. The van der Waals surface area contributed by atoms with E-state index in [9.17, 15) is 0 Å². The predicted molar refractivity (Wildman–Crippen MR) is 67.5 cm³/mol. The topological polar surface area (TPSA) is 67.5 Å². The van der Waals surface area contributed by atoms with Gasteiger partial charge in [0.2, 0.25) is 0 Å². The first-order chi connectivity index (χ1) is 7.70. The summed E-state index contributed by atoms with van der Waals surface area (Å²) >= 11 is 0. The number of ether oxygens (including phenoxy) is 1. The lowest BCUT2D eigenvalue weighted by Crippen LogP contribution is -2.22. The van der Waals surface area contributed by atoms with Crippen molar-refractivity contribution < 1.29 is 9.84 Å². The molecule has 2 rings (SSSR count). The number of hydrogen-bond donors (Lipinski definition) is 3. The van der Waals surface area contributed by atoms with Crippen molar-refractivity contribution in [2.75, 3.05) is 27.3 Å². The Morgan fingerprint density at radius 1 is 1.12 bits per heavy atom. The third-order valence-corrected chi connectivity index (χ3v) is 2.68. The van der Waals surface area contributed by atoms with E-state index in [1.807, 2.05) is 0 Å². The van der Waals surface area contributed by atoms with E-state index >= 15 is 0 Å². The molecule has 4 heteroatoms. The van der Waals surface area contributed by atoms with Crippen LogP contribution in [0.2, 0.25) is 0 Å². The quantitative estimate of drug-likeness (QED) is 0.580. The molecule has 98 valence electrons. The van der Waals surface area contributed by atoms with E-state index in [4.69, 9.17) is 10.8 Å². The molecule has 1 unspecified atom stereocenters. The van der Waals surface area contributed by atoms with Crippen LogP contribution in [0.25, 0.3) is 0 Å². The summed E-state index contributed by atoms with van der Waals surface area (Å²) in [4.78, 5) is 0. The number of methoxy groups -OCH3 is 1. The van der Waals surface area contributed by atoms with Gasteiger partial charge < -0.3 is 20.9 Å². The second-order valence-corrected chi connectivity index (χ2v) is 4.45. The highest BCUT2D eigenvalue weighted by molar-refractivity contribution is 4.67. The third kappa shape index (κ3) is 10.4. The molecule has 1 atom stereocenters. The molecule has 2 fully saturated rings. The van der Waals surface area contributed by atoms with Gasteiger partial charge in [-0.3, -0.25) is 0 Å². The number of aliphatic hydroxyl groups is 1. The fourth-order valence-corrected chi connectivity index (χ4v) is 1.77. The smallest absolute Gasteiger partial charge is 0.0676 e. The molecule has 0 spiro atoms. The number of nitrogens with two attached hydrogens (primary N) is 1. The van der Waals surface area contributed by atoms with Gasteiger partial charge in [-0.05, 0) is 25.8 Å². The lowest BCUT2D eigenvalue weighted by atomic mass is 9.97. The lowest BCUT2D eigenvalue weighted by molar-refractivity contribution is 0.196. The second kappa shape index (κ2) is 11.3. The summed E-state index contributed by atoms with van der Waals surface area (Å²) in [6, 6.07) is 0.536. The summed E-state index contributed by atoms with van der Waals surface area (Å²) < 4.78 is 4.25. The van der Waals surface area contributed by atoms with Crippen molar-refractivity contribution in [3.8, 4) is 0 Å². The zero-order chi connectivity index (χ0) is 12.2. The summed E-state index contributed by atoms with van der Waals surface area (Å²) in [7, 11) is 3.25. The fraction of sp³-hybridized carbons (Fsp3) is 1.00. The second-order valence-electron chi connectivity index (χ2n) is 4.45. The highest BCUT2D eigenvalue weighted by Crippen LogP contribution is 2.14. The Bertz CT molecular complexity index is 133. The van der Waals surface area contributed by atoms with Crippen LogP contribution >= 0.6 is 0 Å². The lowest BCUT2D eigenvalue weighted by Gasteiger charge is -2.15. The molecule has 0 bridgehead atoms. The van der Waals surface area contributed by atoms with Gasteiger partial charge in [-0.2, -0.15) is 0 Å². The molecule has 0 aromatic rings. The van der Waals surface area contributed by atoms with Gasteiger partial charge in [-0.25, -0.2) is 0 Å². The van der Waals surface area contributed by atoms with Gasteiger partial charge >= 0.3 is 0 Å². The Hall–Kier alpha value is -0.160. The molecule has 1 aliphatic heterocycles. The van der Waals surface area contributed by atoms with Crippen LogP contribution in [0, 0.1) is 0 Å². The summed E-state index contributed by atoms with van der Waals surface area (Å²) in [6.07, 6.45) is 7.53. The largest absolute Gasteiger partial charge is 0.392 e. The highest BCUT2D eigenvalue weighted by atomic mass is 16.4. The van der Waals surface area contributed by atoms with Crippen LogP contribution in [0.1, 0.15) is 38.5 Å². The minimum atomic E-state index is -0.0648. The minimum Gasteiger partial charge on any atom is -0.392 e. The Morgan fingerprint density at radius 3 is 1.88 bits per heavy atom. The number of nitrogens with one attached hydrogen (secondary N) is 1. The van der Waals surface area contributed by atoms with Crippen LogP contribution in [0.5, 0.6) is 0 Å². The third-order valence-electron chi connectivity index (χ3n) is 2.68. The first kappa shape index (κ1) is 15.8. The molecule has 2 aliphatic rings. The molecule has 1 saturated carbocycles. The van der Waals surface area contributed by atoms with Crippen molar-refractivity contribution >= 4 is 0 Å². The monoisotopic (exact) mass is 232 g/mol. The average molecular weight is 232 g/mol. The van der Waals surface area contributed by atoms with Crippen LogP contribution < -0.4 is 11.1 Å². The van der Waals surface area contributed by atoms with E-state index in [1.165, 1.54) is 32.1 Å². The van der Waals surface area contributed by atoms with Crippen molar-refractivity contribution in [1.82, 2.24) is 5.32 Å². The molecule has 0 amide bonds. The molecule has 0 aromatic heterocycles. The standard InChI is InChI=1S/C6H13N.C4H9NO.C2H6O/c7-6-4-2-1-3-5-6;6-4-1-2-5-3-4;1-3-2/h6H,1-5,7H2;4-6H,1-3H2;1-2H3. The van der Waals surface area contributed by atoms with Crippen LogP contribution in [0.3, 0.4) is 0 Å². The van der Waals surface area contributed by atoms with E-state index in [-0.39, 0.29) is 6.10 Å². The summed E-state index contributed by atoms with van der Waals surface area (Å²) in [5.74, 6) is 0. The van der Waals surface area contributed by atoms with Gasteiger partial charge in [-0.1, -0.05) is 19.3 Å². The predicted octanol–water partition coefficient (Wildman–Crippen LogP) is 0.881. The van der Waals surface area contributed by atoms with Gasteiger partial charge in [0.25, 0.3) is 0 Å². The van der Waals surface area contributed by atoms with E-state index in [1.54, 1.807) is 14.2 Å². The molecular formula is C12H28N2O2. The van der Waals surface area contributed by atoms with E-state index in [2.05, 4.69) is 10.1 Å². The number of hydrogen-bond acceptors (Lipinski definition) is 4. The molecule has 16 heavy (non-hydrogen) atoms. The maximum atomic E-state index is 8.67. The molecule has 4 N–H and O–H groups in total. The van der Waals surface area contributed by atoms with Gasteiger partial charge in [0, 0.05) is 26.8 Å². The van der Waals surface area contributed by atoms with E-state index in [0.717, 1.165) is 19.5 Å². The molecule has 0 aromatic carbocycles. The first-order valence-electron chi connectivity index (χ1n) is 6.25. The van der Waals surface area contributed by atoms with Crippen LogP contribution in [-0.2, 0) is 4.74 Å². The van der Waals surface area contributed by atoms with Gasteiger partial charge in [-0.15, -0.1) is 0 Å². The van der Waals surface area contributed by atoms with Gasteiger partial charge in [0.15, 0.2) is 0 Å². The van der Waals surface area contributed by atoms with Gasteiger partial charge in [0.05, 0.1) is 6.10 Å². The molecule has 1 saturated heterocycles. The van der Waals surface area contributed by atoms with Crippen molar-refractivity contribution in [3.05, 3.63) is 0 Å². The summed E-state index contributed by atoms with van der Waals surface area (Å²) in [6.45, 7) is 1.78. The van der Waals surface area contributed by atoms with Crippen LogP contribution in [-0.4, -0.2) is 44.6 Å². The Kier molecular flexibility index (Phi) is 11.2. The first-order valence-corrected chi connectivity index (χ1v) is 6.25. The zero-order valence-electron chi connectivity index (χ0n) is 10.7. The molecule has 4 nitrogen and oxygen atoms in total. The summed E-state index contributed by atoms with van der Waals surface area (Å²) in [5, 5.41) is 11.7. The van der Waals surface area contributed by atoms with Crippen molar-refractivity contribution in [2.24, 2.45) is 5.73 Å². The number of rotatable bonds is 0. The maximum absolute atomic E-state index is 8.67. The minimum absolute atomic E-state index is 0.0648. The van der Waals surface area contributed by atoms with E-state index in [0.29, 0.717) is 6.04 Å². The van der Waals surface area contributed by atoms with Gasteiger partial charge in [0.1, 0.15) is 0 Å². The molecule has 0 radical (unpaired) electrons. The molecule has 1 aliphatic carbocycles. The average Bonchev–Trinajstić information content (AvgIpc) is 2.72.